The minimum Gasteiger partial charge on any atom is -0.342 e. The number of carbonyl (C=O) groups is 2. The van der Waals surface area contributed by atoms with Gasteiger partial charge in [-0.3, -0.25) is 14.5 Å². The first-order valence-corrected chi connectivity index (χ1v) is 8.37. The summed E-state index contributed by atoms with van der Waals surface area (Å²) >= 11 is 0. The van der Waals surface area contributed by atoms with Gasteiger partial charge in [-0.15, -0.1) is 0 Å². The van der Waals surface area contributed by atoms with E-state index in [2.05, 4.69) is 23.2 Å². The summed E-state index contributed by atoms with van der Waals surface area (Å²) in [6, 6.07) is 6.10. The van der Waals surface area contributed by atoms with Crippen LogP contribution in [0.1, 0.15) is 31.4 Å². The highest BCUT2D eigenvalue weighted by molar-refractivity contribution is 5.93. The molecular weight excluding hydrogens is 290 g/mol. The van der Waals surface area contributed by atoms with Gasteiger partial charge in [-0.2, -0.15) is 0 Å². The van der Waals surface area contributed by atoms with Crippen LogP contribution in [0.2, 0.25) is 0 Å². The Morgan fingerprint density at radius 2 is 1.96 bits per heavy atom. The molecule has 0 saturated carbocycles. The van der Waals surface area contributed by atoms with Crippen molar-refractivity contribution < 1.29 is 9.59 Å². The van der Waals surface area contributed by atoms with Crippen LogP contribution in [0.25, 0.3) is 0 Å². The molecule has 5 heteroatoms. The quantitative estimate of drug-likeness (QED) is 0.925. The second kappa shape index (κ2) is 8.11. The lowest BCUT2D eigenvalue weighted by atomic mass is 10.1. The number of hydrogen-bond donors (Lipinski definition) is 1. The zero-order chi connectivity index (χ0) is 16.8. The van der Waals surface area contributed by atoms with E-state index in [1.807, 2.05) is 24.0 Å². The van der Waals surface area contributed by atoms with Crippen LogP contribution >= 0.6 is 0 Å². The fourth-order valence-corrected chi connectivity index (χ4v) is 3.03. The molecule has 23 heavy (non-hydrogen) atoms. The number of benzene rings is 1. The van der Waals surface area contributed by atoms with Crippen LogP contribution in [0.15, 0.2) is 18.2 Å². The number of nitrogens with one attached hydrogen (secondary N) is 1. The Morgan fingerprint density at radius 1 is 1.17 bits per heavy atom. The largest absolute Gasteiger partial charge is 0.342 e. The molecule has 1 aromatic rings. The molecule has 0 radical (unpaired) electrons. The predicted molar refractivity (Wildman–Crippen MR) is 92.5 cm³/mol. The third kappa shape index (κ3) is 4.79. The number of amides is 2. The van der Waals surface area contributed by atoms with Crippen LogP contribution in [-0.4, -0.2) is 54.3 Å². The number of hydrogen-bond acceptors (Lipinski definition) is 3. The highest BCUT2D eigenvalue weighted by atomic mass is 16.2. The van der Waals surface area contributed by atoms with Crippen LogP contribution < -0.4 is 5.32 Å². The summed E-state index contributed by atoms with van der Waals surface area (Å²) in [4.78, 5) is 27.8. The molecule has 1 saturated heterocycles. The Labute approximate surface area is 138 Å². The highest BCUT2D eigenvalue weighted by Gasteiger charge is 2.19. The Balaban J connectivity index is 1.94. The van der Waals surface area contributed by atoms with E-state index in [1.54, 1.807) is 6.92 Å². The SMILES string of the molecule is CCc1cccc(C)c1NC(=O)CN1CCCN(C(C)=O)CC1. The summed E-state index contributed by atoms with van der Waals surface area (Å²) in [6.45, 7) is 9.18. The van der Waals surface area contributed by atoms with Gasteiger partial charge in [0.2, 0.25) is 11.8 Å². The van der Waals surface area contributed by atoms with Gasteiger partial charge < -0.3 is 10.2 Å². The lowest BCUT2D eigenvalue weighted by Gasteiger charge is -2.21. The Hall–Kier alpha value is -1.88. The molecule has 0 atom stereocenters. The maximum absolute atomic E-state index is 12.4. The van der Waals surface area contributed by atoms with Crippen LogP contribution in [0.3, 0.4) is 0 Å². The molecule has 2 amide bonds. The van der Waals surface area contributed by atoms with Crippen molar-refractivity contribution in [2.45, 2.75) is 33.6 Å². The Kier molecular flexibility index (Phi) is 6.16. The molecular formula is C18H27N3O2. The smallest absolute Gasteiger partial charge is 0.238 e. The first-order valence-electron chi connectivity index (χ1n) is 8.37. The minimum atomic E-state index is 0.0188. The van der Waals surface area contributed by atoms with Crippen molar-refractivity contribution in [1.82, 2.24) is 9.80 Å². The molecule has 0 spiro atoms. The maximum atomic E-state index is 12.4. The average molecular weight is 317 g/mol. The van der Waals surface area contributed by atoms with E-state index in [0.29, 0.717) is 13.1 Å². The Morgan fingerprint density at radius 3 is 2.65 bits per heavy atom. The number of carbonyl (C=O) groups excluding carboxylic acids is 2. The summed E-state index contributed by atoms with van der Waals surface area (Å²) in [5.74, 6) is 0.133. The zero-order valence-corrected chi connectivity index (χ0v) is 14.4. The van der Waals surface area contributed by atoms with Crippen LogP contribution in [0.4, 0.5) is 5.69 Å². The summed E-state index contributed by atoms with van der Waals surface area (Å²) < 4.78 is 0. The average Bonchev–Trinajstić information content (AvgIpc) is 2.75. The van der Waals surface area contributed by atoms with Crippen molar-refractivity contribution in [3.63, 3.8) is 0 Å². The molecule has 0 bridgehead atoms. The summed E-state index contributed by atoms with van der Waals surface area (Å²) in [5, 5.41) is 3.07. The van der Waals surface area contributed by atoms with Crippen molar-refractivity contribution in [2.75, 3.05) is 38.0 Å². The van der Waals surface area contributed by atoms with Crippen molar-refractivity contribution in [2.24, 2.45) is 0 Å². The molecule has 126 valence electrons. The second-order valence-electron chi connectivity index (χ2n) is 6.15. The first-order chi connectivity index (χ1) is 11.0. The summed E-state index contributed by atoms with van der Waals surface area (Å²) in [5.41, 5.74) is 3.20. The van der Waals surface area contributed by atoms with E-state index >= 15 is 0 Å². The molecule has 0 unspecified atom stereocenters. The summed E-state index contributed by atoms with van der Waals surface area (Å²) in [6.07, 6.45) is 1.81. The monoisotopic (exact) mass is 317 g/mol. The van der Waals surface area contributed by atoms with E-state index in [0.717, 1.165) is 49.3 Å². The van der Waals surface area contributed by atoms with Crippen LogP contribution in [-0.2, 0) is 16.0 Å². The predicted octanol–water partition coefficient (Wildman–Crippen LogP) is 2.05. The minimum absolute atomic E-state index is 0.0188. The lowest BCUT2D eigenvalue weighted by molar-refractivity contribution is -0.128. The van der Waals surface area contributed by atoms with Crippen LogP contribution in [0, 0.1) is 6.92 Å². The zero-order valence-electron chi connectivity index (χ0n) is 14.4. The third-order valence-electron chi connectivity index (χ3n) is 4.41. The number of rotatable bonds is 4. The van der Waals surface area contributed by atoms with Gasteiger partial charge in [0.05, 0.1) is 6.54 Å². The van der Waals surface area contributed by atoms with E-state index in [4.69, 9.17) is 0 Å². The molecule has 0 aromatic heterocycles. The van der Waals surface area contributed by atoms with Gasteiger partial charge in [0.1, 0.15) is 0 Å². The number of para-hydroxylation sites is 1. The van der Waals surface area contributed by atoms with Gasteiger partial charge >= 0.3 is 0 Å². The van der Waals surface area contributed by atoms with Gasteiger partial charge in [0, 0.05) is 38.8 Å². The molecule has 2 rings (SSSR count). The van der Waals surface area contributed by atoms with Gasteiger partial charge in [-0.05, 0) is 30.9 Å². The third-order valence-corrected chi connectivity index (χ3v) is 4.41. The van der Waals surface area contributed by atoms with Crippen LogP contribution in [0.5, 0.6) is 0 Å². The number of nitrogens with zero attached hydrogens (tertiary/aromatic N) is 2. The van der Waals surface area contributed by atoms with Gasteiger partial charge in [0.15, 0.2) is 0 Å². The molecule has 1 aromatic carbocycles. The van der Waals surface area contributed by atoms with E-state index in [9.17, 15) is 9.59 Å². The fraction of sp³-hybridized carbons (Fsp3) is 0.556. The standard InChI is InChI=1S/C18H27N3O2/c1-4-16-8-5-7-14(2)18(16)19-17(23)13-20-9-6-10-21(12-11-20)15(3)22/h5,7-8H,4,6,9-13H2,1-3H3,(H,19,23). The van der Waals surface area contributed by atoms with Gasteiger partial charge in [0.25, 0.3) is 0 Å². The lowest BCUT2D eigenvalue weighted by Crippen LogP contribution is -2.37. The molecule has 1 aliphatic rings. The summed E-state index contributed by atoms with van der Waals surface area (Å²) in [7, 11) is 0. The molecule has 1 heterocycles. The van der Waals surface area contributed by atoms with Gasteiger partial charge in [-0.1, -0.05) is 25.1 Å². The fourth-order valence-electron chi connectivity index (χ4n) is 3.03. The van der Waals surface area contributed by atoms with Crippen molar-refractivity contribution >= 4 is 17.5 Å². The first kappa shape index (κ1) is 17.5. The van der Waals surface area contributed by atoms with Gasteiger partial charge in [-0.25, -0.2) is 0 Å². The molecule has 1 fully saturated rings. The van der Waals surface area contributed by atoms with Crippen molar-refractivity contribution in [3.05, 3.63) is 29.3 Å². The van der Waals surface area contributed by atoms with Crippen molar-refractivity contribution in [1.29, 1.82) is 0 Å². The molecule has 5 nitrogen and oxygen atoms in total. The molecule has 0 aliphatic carbocycles. The molecule has 1 N–H and O–H groups in total. The maximum Gasteiger partial charge on any atom is 0.238 e. The van der Waals surface area contributed by atoms with E-state index < -0.39 is 0 Å². The highest BCUT2D eigenvalue weighted by Crippen LogP contribution is 2.21. The normalized spacial score (nSPS) is 16.0. The Bertz CT molecular complexity index is 571. The second-order valence-corrected chi connectivity index (χ2v) is 6.15. The molecule has 1 aliphatic heterocycles. The number of aryl methyl sites for hydroxylation is 2. The van der Waals surface area contributed by atoms with E-state index in [-0.39, 0.29) is 11.8 Å². The van der Waals surface area contributed by atoms with E-state index in [1.165, 1.54) is 0 Å². The number of anilines is 1. The van der Waals surface area contributed by atoms with Crippen molar-refractivity contribution in [3.8, 4) is 0 Å². The topological polar surface area (TPSA) is 52.7 Å².